The summed E-state index contributed by atoms with van der Waals surface area (Å²) in [6.45, 7) is 6.71. The fourth-order valence-corrected chi connectivity index (χ4v) is 3.99. The molecule has 4 rings (SSSR count). The van der Waals surface area contributed by atoms with Gasteiger partial charge >= 0.3 is 6.09 Å². The Balaban J connectivity index is 1.64. The minimum Gasteiger partial charge on any atom is -0.497 e. The number of ether oxygens (including phenoxy) is 3. The first kappa shape index (κ1) is 25.8. The predicted octanol–water partition coefficient (Wildman–Crippen LogP) is 5.49. The standard InChI is InChI=1S/C29H32N4O4/c1-29(2,3)37-28(34)33-17-8-11-23(33)20-32(18-16-22-9-6-5-7-10-22)26-19-30-21-31-27(26)36-25-14-12-24(35-4)13-15-25/h5-7,9-10,12-15,19,21,23H,8,11,17,20H2,1-4H3/t23-/m0/s1. The summed E-state index contributed by atoms with van der Waals surface area (Å²) < 4.78 is 17.0. The van der Waals surface area contributed by atoms with Crippen LogP contribution in [0.2, 0.25) is 0 Å². The SMILES string of the molecule is COc1ccc(Oc2ncncc2N(C#Cc2ccccc2)C[C@@H]2CCCN2C(=O)OC(C)(C)C)cc1. The van der Waals surface area contributed by atoms with Gasteiger partial charge in [0.2, 0.25) is 5.88 Å². The van der Waals surface area contributed by atoms with Gasteiger partial charge in [0.15, 0.2) is 0 Å². The third kappa shape index (κ3) is 7.14. The second kappa shape index (κ2) is 11.7. The van der Waals surface area contributed by atoms with Gasteiger partial charge in [-0.15, -0.1) is 0 Å². The maximum absolute atomic E-state index is 12.9. The van der Waals surface area contributed by atoms with Crippen molar-refractivity contribution in [2.75, 3.05) is 25.1 Å². The minimum absolute atomic E-state index is 0.0889. The van der Waals surface area contributed by atoms with Gasteiger partial charge in [0, 0.05) is 18.2 Å². The van der Waals surface area contributed by atoms with Crippen LogP contribution in [-0.2, 0) is 4.74 Å². The zero-order chi connectivity index (χ0) is 26.3. The molecule has 1 saturated heterocycles. The molecule has 8 heteroatoms. The van der Waals surface area contributed by atoms with Crippen molar-refractivity contribution in [3.05, 3.63) is 72.7 Å². The lowest BCUT2D eigenvalue weighted by atomic mass is 10.2. The molecular formula is C29H32N4O4. The molecule has 0 saturated carbocycles. The van der Waals surface area contributed by atoms with Crippen LogP contribution < -0.4 is 14.4 Å². The zero-order valence-corrected chi connectivity index (χ0v) is 21.7. The highest BCUT2D eigenvalue weighted by atomic mass is 16.6. The number of carbonyl (C=O) groups is 1. The smallest absolute Gasteiger partial charge is 0.410 e. The lowest BCUT2D eigenvalue weighted by Crippen LogP contribution is -2.44. The number of hydrogen-bond acceptors (Lipinski definition) is 7. The molecule has 0 bridgehead atoms. The molecule has 1 fully saturated rings. The third-order valence-corrected chi connectivity index (χ3v) is 5.73. The number of rotatable bonds is 6. The Morgan fingerprint density at radius 2 is 1.84 bits per heavy atom. The molecule has 192 valence electrons. The van der Waals surface area contributed by atoms with Crippen LogP contribution in [0.1, 0.15) is 39.2 Å². The molecule has 1 aliphatic heterocycles. The van der Waals surface area contributed by atoms with Crippen LogP contribution in [0.15, 0.2) is 67.1 Å². The fraction of sp³-hybridized carbons (Fsp3) is 0.345. The van der Waals surface area contributed by atoms with Crippen molar-refractivity contribution in [3.8, 4) is 29.3 Å². The van der Waals surface area contributed by atoms with E-state index in [0.717, 1.165) is 24.2 Å². The molecule has 37 heavy (non-hydrogen) atoms. The van der Waals surface area contributed by atoms with Crippen LogP contribution in [0.4, 0.5) is 10.5 Å². The maximum atomic E-state index is 12.9. The van der Waals surface area contributed by atoms with Crippen molar-refractivity contribution in [3.63, 3.8) is 0 Å². The number of amides is 1. The molecular weight excluding hydrogens is 468 g/mol. The Hall–Kier alpha value is -4.25. The van der Waals surface area contributed by atoms with Crippen molar-refractivity contribution in [1.29, 1.82) is 0 Å². The van der Waals surface area contributed by atoms with Crippen LogP contribution in [0.5, 0.6) is 17.4 Å². The average Bonchev–Trinajstić information content (AvgIpc) is 3.35. The highest BCUT2D eigenvalue weighted by Crippen LogP contribution is 2.31. The molecule has 2 heterocycles. The van der Waals surface area contributed by atoms with Gasteiger partial charge in [0.25, 0.3) is 0 Å². The summed E-state index contributed by atoms with van der Waals surface area (Å²) in [4.78, 5) is 25.2. The fourth-order valence-electron chi connectivity index (χ4n) is 3.99. The Morgan fingerprint density at radius 1 is 1.11 bits per heavy atom. The number of aromatic nitrogens is 2. The zero-order valence-electron chi connectivity index (χ0n) is 21.7. The Morgan fingerprint density at radius 3 is 2.54 bits per heavy atom. The molecule has 0 N–H and O–H groups in total. The van der Waals surface area contributed by atoms with Crippen LogP contribution in [0, 0.1) is 12.0 Å². The summed E-state index contributed by atoms with van der Waals surface area (Å²) >= 11 is 0. The monoisotopic (exact) mass is 500 g/mol. The minimum atomic E-state index is -0.566. The van der Waals surface area contributed by atoms with Gasteiger partial charge in [-0.05, 0) is 75.9 Å². The van der Waals surface area contributed by atoms with Crippen LogP contribution in [-0.4, -0.2) is 52.8 Å². The number of carbonyl (C=O) groups excluding carboxylic acids is 1. The van der Waals surface area contributed by atoms with E-state index in [2.05, 4.69) is 21.9 Å². The van der Waals surface area contributed by atoms with Gasteiger partial charge in [0.05, 0.1) is 25.9 Å². The van der Waals surface area contributed by atoms with Gasteiger partial charge in [-0.2, -0.15) is 4.98 Å². The molecule has 1 amide bonds. The van der Waals surface area contributed by atoms with E-state index in [1.807, 2.05) is 80.3 Å². The molecule has 0 radical (unpaired) electrons. The lowest BCUT2D eigenvalue weighted by molar-refractivity contribution is 0.0232. The highest BCUT2D eigenvalue weighted by molar-refractivity contribution is 5.69. The van der Waals surface area contributed by atoms with Crippen molar-refractivity contribution in [2.45, 2.75) is 45.3 Å². The number of benzene rings is 2. The number of anilines is 1. The molecule has 2 aromatic carbocycles. The molecule has 0 aliphatic carbocycles. The first-order valence-electron chi connectivity index (χ1n) is 12.3. The first-order valence-corrected chi connectivity index (χ1v) is 12.3. The lowest BCUT2D eigenvalue weighted by Gasteiger charge is -2.31. The predicted molar refractivity (Wildman–Crippen MR) is 142 cm³/mol. The summed E-state index contributed by atoms with van der Waals surface area (Å²) in [6, 6.07) is 20.2. The van der Waals surface area contributed by atoms with E-state index in [-0.39, 0.29) is 12.1 Å². The molecule has 0 unspecified atom stereocenters. The maximum Gasteiger partial charge on any atom is 0.410 e. The molecule has 1 aromatic heterocycles. The van der Waals surface area contributed by atoms with Crippen LogP contribution in [0.25, 0.3) is 0 Å². The summed E-state index contributed by atoms with van der Waals surface area (Å²) in [5.41, 5.74) is 0.916. The quantitative estimate of drug-likeness (QED) is 0.327. The summed E-state index contributed by atoms with van der Waals surface area (Å²) in [6.07, 6.45) is 4.53. The number of hydrogen-bond donors (Lipinski definition) is 0. The van der Waals surface area contributed by atoms with Gasteiger partial charge in [0.1, 0.15) is 29.1 Å². The van der Waals surface area contributed by atoms with E-state index >= 15 is 0 Å². The van der Waals surface area contributed by atoms with Crippen LogP contribution >= 0.6 is 0 Å². The second-order valence-corrected chi connectivity index (χ2v) is 9.67. The van der Waals surface area contributed by atoms with Gasteiger partial charge in [-0.3, -0.25) is 4.90 Å². The van der Waals surface area contributed by atoms with E-state index in [1.54, 1.807) is 18.2 Å². The molecule has 1 aliphatic rings. The normalized spacial score (nSPS) is 14.9. The Bertz CT molecular complexity index is 1250. The van der Waals surface area contributed by atoms with Gasteiger partial charge in [-0.1, -0.05) is 18.2 Å². The third-order valence-electron chi connectivity index (χ3n) is 5.73. The van der Waals surface area contributed by atoms with Gasteiger partial charge < -0.3 is 19.1 Å². The van der Waals surface area contributed by atoms with Crippen molar-refractivity contribution < 1.29 is 19.0 Å². The Kier molecular flexibility index (Phi) is 8.14. The topological polar surface area (TPSA) is 77.0 Å². The highest BCUT2D eigenvalue weighted by Gasteiger charge is 2.34. The largest absolute Gasteiger partial charge is 0.497 e. The number of nitrogens with zero attached hydrogens (tertiary/aromatic N) is 4. The molecule has 8 nitrogen and oxygen atoms in total. The first-order chi connectivity index (χ1) is 17.8. The van der Waals surface area contributed by atoms with Gasteiger partial charge in [-0.25, -0.2) is 9.78 Å². The van der Waals surface area contributed by atoms with Crippen LogP contribution in [0.3, 0.4) is 0 Å². The number of methoxy groups -OCH3 is 1. The second-order valence-electron chi connectivity index (χ2n) is 9.67. The summed E-state index contributed by atoms with van der Waals surface area (Å²) in [5, 5.41) is 0. The summed E-state index contributed by atoms with van der Waals surface area (Å²) in [7, 11) is 1.62. The summed E-state index contributed by atoms with van der Waals surface area (Å²) in [5.74, 6) is 4.92. The van der Waals surface area contributed by atoms with Crippen molar-refractivity contribution in [2.24, 2.45) is 0 Å². The Labute approximate surface area is 218 Å². The average molecular weight is 501 g/mol. The van der Waals surface area contributed by atoms with E-state index in [9.17, 15) is 4.79 Å². The van der Waals surface area contributed by atoms with E-state index < -0.39 is 5.60 Å². The molecule has 1 atom stereocenters. The van der Waals surface area contributed by atoms with Crippen molar-refractivity contribution >= 4 is 11.8 Å². The molecule has 0 spiro atoms. The van der Waals surface area contributed by atoms with Crippen molar-refractivity contribution in [1.82, 2.24) is 14.9 Å². The molecule has 3 aromatic rings. The number of likely N-dealkylation sites (tertiary alicyclic amines) is 1. The van der Waals surface area contributed by atoms with E-state index in [4.69, 9.17) is 14.2 Å². The van der Waals surface area contributed by atoms with E-state index in [1.165, 1.54) is 6.33 Å². The van der Waals surface area contributed by atoms with E-state index in [0.29, 0.717) is 30.4 Å².